The van der Waals surface area contributed by atoms with Crippen LogP contribution in [0.15, 0.2) is 36.4 Å². The van der Waals surface area contributed by atoms with E-state index >= 15 is 0 Å². The second-order valence-corrected chi connectivity index (χ2v) is 4.40. The Morgan fingerprint density at radius 2 is 1.67 bits per heavy atom. The van der Waals surface area contributed by atoms with Gasteiger partial charge in [0.15, 0.2) is 5.82 Å². The highest BCUT2D eigenvalue weighted by Crippen LogP contribution is 2.28. The lowest BCUT2D eigenvalue weighted by molar-refractivity contribution is 0.587. The summed E-state index contributed by atoms with van der Waals surface area (Å²) in [5.74, 6) is -1.73. The van der Waals surface area contributed by atoms with Crippen molar-refractivity contribution < 1.29 is 13.2 Å². The molecule has 106 valence electrons. The van der Waals surface area contributed by atoms with Crippen LogP contribution >= 0.6 is 0 Å². The van der Waals surface area contributed by atoms with E-state index in [0.717, 1.165) is 12.1 Å². The fraction of sp³-hybridized carbons (Fsp3) is 0.0667. The molecule has 3 nitrogen and oxygen atoms in total. The second kappa shape index (κ2) is 5.05. The third kappa shape index (κ3) is 2.29. The van der Waals surface area contributed by atoms with E-state index in [0.29, 0.717) is 16.7 Å². The summed E-state index contributed by atoms with van der Waals surface area (Å²) >= 11 is 0. The van der Waals surface area contributed by atoms with Gasteiger partial charge in [0.1, 0.15) is 23.3 Å². The minimum Gasteiger partial charge on any atom is -0.373 e. The maximum atomic E-state index is 13.8. The van der Waals surface area contributed by atoms with E-state index in [1.165, 1.54) is 24.3 Å². The summed E-state index contributed by atoms with van der Waals surface area (Å²) in [6.45, 7) is 0. The zero-order valence-electron chi connectivity index (χ0n) is 11.0. The summed E-state index contributed by atoms with van der Waals surface area (Å²) in [6.07, 6.45) is 0. The van der Waals surface area contributed by atoms with Gasteiger partial charge in [0, 0.05) is 12.4 Å². The van der Waals surface area contributed by atoms with Gasteiger partial charge >= 0.3 is 0 Å². The fourth-order valence-electron chi connectivity index (χ4n) is 2.11. The summed E-state index contributed by atoms with van der Waals surface area (Å²) in [4.78, 5) is 8.20. The van der Waals surface area contributed by atoms with Gasteiger partial charge in [-0.25, -0.2) is 23.1 Å². The number of nitrogens with one attached hydrogen (secondary N) is 1. The Kier molecular flexibility index (Phi) is 3.21. The Labute approximate surface area is 118 Å². The van der Waals surface area contributed by atoms with Gasteiger partial charge in [-0.1, -0.05) is 6.07 Å². The number of anilines is 1. The molecule has 0 spiro atoms. The molecule has 1 heterocycles. The van der Waals surface area contributed by atoms with Gasteiger partial charge in [-0.2, -0.15) is 0 Å². The van der Waals surface area contributed by atoms with Crippen molar-refractivity contribution in [3.05, 3.63) is 53.8 Å². The number of fused-ring (bicyclic) bond motifs is 1. The fourth-order valence-corrected chi connectivity index (χ4v) is 2.11. The molecule has 0 fully saturated rings. The normalized spacial score (nSPS) is 10.9. The maximum absolute atomic E-state index is 13.8. The predicted octanol–water partition coefficient (Wildman–Crippen LogP) is 3.76. The van der Waals surface area contributed by atoms with Crippen molar-refractivity contribution in [2.45, 2.75) is 0 Å². The minimum atomic E-state index is -0.751. The number of benzene rings is 2. The molecule has 3 aromatic rings. The van der Waals surface area contributed by atoms with Crippen molar-refractivity contribution >= 4 is 16.7 Å². The molecule has 0 unspecified atom stereocenters. The largest absolute Gasteiger partial charge is 0.373 e. The van der Waals surface area contributed by atoms with Gasteiger partial charge in [0.2, 0.25) is 0 Å². The first-order valence-electron chi connectivity index (χ1n) is 6.19. The Morgan fingerprint density at radius 3 is 2.33 bits per heavy atom. The lowest BCUT2D eigenvalue weighted by atomic mass is 10.1. The number of hydrogen-bond acceptors (Lipinski definition) is 3. The first-order chi connectivity index (χ1) is 10.1. The van der Waals surface area contributed by atoms with E-state index in [4.69, 9.17) is 0 Å². The molecular weight excluding hydrogens is 279 g/mol. The van der Waals surface area contributed by atoms with Crippen molar-refractivity contribution in [2.75, 3.05) is 12.4 Å². The van der Waals surface area contributed by atoms with Crippen molar-refractivity contribution in [2.24, 2.45) is 0 Å². The van der Waals surface area contributed by atoms with Crippen molar-refractivity contribution in [3.63, 3.8) is 0 Å². The monoisotopic (exact) mass is 289 g/mol. The van der Waals surface area contributed by atoms with Crippen LogP contribution < -0.4 is 5.32 Å². The van der Waals surface area contributed by atoms with E-state index < -0.39 is 17.5 Å². The Bertz CT molecular complexity index is 814. The lowest BCUT2D eigenvalue weighted by Gasteiger charge is -2.09. The SMILES string of the molecule is CNc1nc(-c2c(F)cccc2F)nc2ccc(F)cc12. The smallest absolute Gasteiger partial charge is 0.168 e. The van der Waals surface area contributed by atoms with Crippen LogP contribution in [0.1, 0.15) is 0 Å². The Hall–Kier alpha value is -2.63. The highest BCUT2D eigenvalue weighted by molar-refractivity contribution is 5.90. The molecule has 0 amide bonds. The van der Waals surface area contributed by atoms with Crippen LogP contribution in [-0.2, 0) is 0 Å². The molecule has 2 aromatic carbocycles. The summed E-state index contributed by atoms with van der Waals surface area (Å²) in [7, 11) is 1.59. The third-order valence-electron chi connectivity index (χ3n) is 3.08. The standard InChI is InChI=1S/C15H10F3N3/c1-19-14-9-7-8(16)5-6-12(9)20-15(21-14)13-10(17)3-2-4-11(13)18/h2-7H,1H3,(H,19,20,21). The third-order valence-corrected chi connectivity index (χ3v) is 3.08. The van der Waals surface area contributed by atoms with Gasteiger partial charge in [-0.05, 0) is 30.3 Å². The zero-order valence-corrected chi connectivity index (χ0v) is 11.0. The van der Waals surface area contributed by atoms with E-state index in [1.54, 1.807) is 7.05 Å². The molecular formula is C15H10F3N3. The summed E-state index contributed by atoms with van der Waals surface area (Å²) < 4.78 is 41.0. The first-order valence-corrected chi connectivity index (χ1v) is 6.19. The van der Waals surface area contributed by atoms with Crippen molar-refractivity contribution in [1.29, 1.82) is 0 Å². The second-order valence-electron chi connectivity index (χ2n) is 4.40. The molecule has 6 heteroatoms. The van der Waals surface area contributed by atoms with Crippen LogP contribution in [0.25, 0.3) is 22.3 Å². The minimum absolute atomic E-state index is 0.0888. The molecule has 1 aromatic heterocycles. The van der Waals surface area contributed by atoms with Gasteiger partial charge in [0.05, 0.1) is 11.1 Å². The van der Waals surface area contributed by atoms with E-state index in [2.05, 4.69) is 15.3 Å². The van der Waals surface area contributed by atoms with Crippen molar-refractivity contribution in [3.8, 4) is 11.4 Å². The molecule has 0 bridgehead atoms. The average molecular weight is 289 g/mol. The van der Waals surface area contributed by atoms with Gasteiger partial charge in [-0.15, -0.1) is 0 Å². The van der Waals surface area contributed by atoms with Crippen LogP contribution in [0, 0.1) is 17.5 Å². The molecule has 0 atom stereocenters. The number of aromatic nitrogens is 2. The average Bonchev–Trinajstić information content (AvgIpc) is 2.46. The number of nitrogens with zero attached hydrogens (tertiary/aromatic N) is 2. The van der Waals surface area contributed by atoms with Crippen LogP contribution in [0.5, 0.6) is 0 Å². The molecule has 0 radical (unpaired) electrons. The molecule has 0 aliphatic rings. The van der Waals surface area contributed by atoms with Crippen LogP contribution in [0.2, 0.25) is 0 Å². The summed E-state index contributed by atoms with van der Waals surface area (Å²) in [5.41, 5.74) is 0.0913. The van der Waals surface area contributed by atoms with Crippen LogP contribution in [0.3, 0.4) is 0 Å². The zero-order chi connectivity index (χ0) is 15.0. The number of halogens is 3. The number of rotatable bonds is 2. The summed E-state index contributed by atoms with van der Waals surface area (Å²) in [5, 5.41) is 3.23. The molecule has 21 heavy (non-hydrogen) atoms. The lowest BCUT2D eigenvalue weighted by Crippen LogP contribution is -2.01. The molecule has 3 rings (SSSR count). The Balaban J connectivity index is 2.32. The van der Waals surface area contributed by atoms with Crippen LogP contribution in [-0.4, -0.2) is 17.0 Å². The predicted molar refractivity (Wildman–Crippen MR) is 74.4 cm³/mol. The van der Waals surface area contributed by atoms with Gasteiger partial charge < -0.3 is 5.32 Å². The molecule has 0 aliphatic carbocycles. The van der Waals surface area contributed by atoms with E-state index in [1.807, 2.05) is 0 Å². The Morgan fingerprint density at radius 1 is 0.952 bits per heavy atom. The highest BCUT2D eigenvalue weighted by Gasteiger charge is 2.16. The van der Waals surface area contributed by atoms with Crippen molar-refractivity contribution in [1.82, 2.24) is 9.97 Å². The molecule has 1 N–H and O–H groups in total. The van der Waals surface area contributed by atoms with E-state index in [-0.39, 0.29) is 11.4 Å². The maximum Gasteiger partial charge on any atom is 0.168 e. The summed E-state index contributed by atoms with van der Waals surface area (Å²) in [6, 6.07) is 7.48. The topological polar surface area (TPSA) is 37.8 Å². The number of hydrogen-bond donors (Lipinski definition) is 1. The molecule has 0 saturated carbocycles. The van der Waals surface area contributed by atoms with E-state index in [9.17, 15) is 13.2 Å². The highest BCUT2D eigenvalue weighted by atomic mass is 19.1. The first kappa shape index (κ1) is 13.4. The molecule has 0 saturated heterocycles. The van der Waals surface area contributed by atoms with Crippen LogP contribution in [0.4, 0.5) is 19.0 Å². The quantitative estimate of drug-likeness (QED) is 0.780. The molecule has 0 aliphatic heterocycles. The van der Waals surface area contributed by atoms with Gasteiger partial charge in [0.25, 0.3) is 0 Å². The van der Waals surface area contributed by atoms with Gasteiger partial charge in [-0.3, -0.25) is 0 Å².